The fraction of sp³-hybridized carbons (Fsp3) is 0.316. The van der Waals surface area contributed by atoms with Crippen molar-refractivity contribution in [3.05, 3.63) is 70.8 Å². The number of carbonyl (C=O) groups excluding carboxylic acids is 1. The van der Waals surface area contributed by atoms with Crippen LogP contribution in [0.4, 0.5) is 8.78 Å². The first-order chi connectivity index (χ1) is 11.5. The minimum Gasteiger partial charge on any atom is -0.387 e. The Balaban J connectivity index is 1.79. The second-order valence-electron chi connectivity index (χ2n) is 6.24. The average molecular weight is 331 g/mol. The van der Waals surface area contributed by atoms with E-state index < -0.39 is 17.8 Å². The van der Waals surface area contributed by atoms with Crippen LogP contribution in [0.3, 0.4) is 0 Å². The van der Waals surface area contributed by atoms with Crippen molar-refractivity contribution in [2.75, 3.05) is 6.54 Å². The summed E-state index contributed by atoms with van der Waals surface area (Å²) in [5.41, 5.74) is 1.28. The zero-order chi connectivity index (χ0) is 17.3. The molecule has 2 aromatic rings. The summed E-state index contributed by atoms with van der Waals surface area (Å²) in [4.78, 5) is 14.2. The lowest BCUT2D eigenvalue weighted by Crippen LogP contribution is -2.37. The van der Waals surface area contributed by atoms with Crippen LogP contribution in [0.5, 0.6) is 0 Å². The van der Waals surface area contributed by atoms with Crippen molar-refractivity contribution in [3.63, 3.8) is 0 Å². The van der Waals surface area contributed by atoms with Gasteiger partial charge in [0.1, 0.15) is 11.6 Å². The highest BCUT2D eigenvalue weighted by molar-refractivity contribution is 5.95. The quantitative estimate of drug-likeness (QED) is 0.909. The molecule has 5 heteroatoms. The first-order valence-corrected chi connectivity index (χ1v) is 7.96. The number of hydrogen-bond acceptors (Lipinski definition) is 2. The van der Waals surface area contributed by atoms with E-state index in [0.29, 0.717) is 5.56 Å². The number of rotatable bonds is 5. The molecular formula is C19H19F2NO2. The second kappa shape index (κ2) is 6.69. The van der Waals surface area contributed by atoms with Gasteiger partial charge in [-0.3, -0.25) is 4.79 Å². The van der Waals surface area contributed by atoms with E-state index in [2.05, 4.69) is 0 Å². The van der Waals surface area contributed by atoms with Gasteiger partial charge >= 0.3 is 0 Å². The Morgan fingerprint density at radius 2 is 1.88 bits per heavy atom. The lowest BCUT2D eigenvalue weighted by Gasteiger charge is -2.26. The Morgan fingerprint density at radius 3 is 2.46 bits per heavy atom. The van der Waals surface area contributed by atoms with Crippen molar-refractivity contribution < 1.29 is 18.7 Å². The molecule has 0 aliphatic heterocycles. The Labute approximate surface area is 139 Å². The maximum Gasteiger partial charge on any atom is 0.257 e. The van der Waals surface area contributed by atoms with Gasteiger partial charge < -0.3 is 10.0 Å². The van der Waals surface area contributed by atoms with E-state index in [9.17, 15) is 18.7 Å². The molecular weight excluding hydrogens is 312 g/mol. The fourth-order valence-electron chi connectivity index (χ4n) is 2.71. The van der Waals surface area contributed by atoms with Crippen LogP contribution in [-0.2, 0) is 0 Å². The third kappa shape index (κ3) is 3.62. The molecule has 0 bridgehead atoms. The van der Waals surface area contributed by atoms with Gasteiger partial charge in [0.05, 0.1) is 18.2 Å². The van der Waals surface area contributed by atoms with Crippen molar-refractivity contribution in [2.45, 2.75) is 31.9 Å². The van der Waals surface area contributed by atoms with Crippen molar-refractivity contribution >= 4 is 5.91 Å². The highest BCUT2D eigenvalue weighted by atomic mass is 19.1. The van der Waals surface area contributed by atoms with E-state index in [1.807, 2.05) is 0 Å². The third-order valence-corrected chi connectivity index (χ3v) is 4.23. The van der Waals surface area contributed by atoms with Gasteiger partial charge in [-0.1, -0.05) is 18.2 Å². The Bertz CT molecular complexity index is 742. The largest absolute Gasteiger partial charge is 0.387 e. The molecule has 1 atom stereocenters. The van der Waals surface area contributed by atoms with Crippen LogP contribution in [0.1, 0.15) is 40.4 Å². The predicted molar refractivity (Wildman–Crippen MR) is 86.6 cm³/mol. The van der Waals surface area contributed by atoms with Gasteiger partial charge in [-0.25, -0.2) is 8.78 Å². The molecule has 1 fully saturated rings. The number of aryl methyl sites for hydroxylation is 1. The molecule has 24 heavy (non-hydrogen) atoms. The number of nitrogens with zero attached hydrogens (tertiary/aromatic N) is 1. The van der Waals surface area contributed by atoms with Crippen molar-refractivity contribution in [2.24, 2.45) is 0 Å². The molecule has 3 rings (SSSR count). The summed E-state index contributed by atoms with van der Waals surface area (Å²) in [6, 6.07) is 10.0. The zero-order valence-corrected chi connectivity index (χ0v) is 13.4. The molecule has 1 aliphatic carbocycles. The SMILES string of the molecule is Cc1ccc(C(=O)N(CC(O)c2ccc(F)cc2)C2CC2)c(F)c1. The first-order valence-electron chi connectivity index (χ1n) is 7.96. The predicted octanol–water partition coefficient (Wildman–Crippen LogP) is 3.61. The number of aliphatic hydroxyl groups excluding tert-OH is 1. The molecule has 0 spiro atoms. The summed E-state index contributed by atoms with van der Waals surface area (Å²) < 4.78 is 27.1. The van der Waals surface area contributed by atoms with Crippen LogP contribution < -0.4 is 0 Å². The lowest BCUT2D eigenvalue weighted by molar-refractivity contribution is 0.0598. The number of aliphatic hydroxyl groups is 1. The molecule has 0 heterocycles. The van der Waals surface area contributed by atoms with Gasteiger partial charge in [-0.15, -0.1) is 0 Å². The summed E-state index contributed by atoms with van der Waals surface area (Å²) in [5, 5.41) is 10.4. The number of carbonyl (C=O) groups is 1. The van der Waals surface area contributed by atoms with Gasteiger partial charge in [0, 0.05) is 6.04 Å². The van der Waals surface area contributed by atoms with Crippen LogP contribution in [0.25, 0.3) is 0 Å². The molecule has 1 N–H and O–H groups in total. The van der Waals surface area contributed by atoms with Crippen molar-refractivity contribution in [1.82, 2.24) is 4.90 Å². The summed E-state index contributed by atoms with van der Waals surface area (Å²) >= 11 is 0. The minimum atomic E-state index is -0.941. The van der Waals surface area contributed by atoms with Gasteiger partial charge in [-0.05, 0) is 55.2 Å². The minimum absolute atomic E-state index is 0.0128. The molecule has 1 unspecified atom stereocenters. The van der Waals surface area contributed by atoms with Gasteiger partial charge in [0.2, 0.25) is 0 Å². The molecule has 0 radical (unpaired) electrons. The topological polar surface area (TPSA) is 40.5 Å². The molecule has 1 aliphatic rings. The van der Waals surface area contributed by atoms with E-state index in [1.54, 1.807) is 13.0 Å². The van der Waals surface area contributed by atoms with Gasteiger partial charge in [0.15, 0.2) is 0 Å². The molecule has 2 aromatic carbocycles. The maximum absolute atomic E-state index is 14.1. The van der Waals surface area contributed by atoms with E-state index in [-0.39, 0.29) is 24.0 Å². The lowest BCUT2D eigenvalue weighted by atomic mass is 10.1. The van der Waals surface area contributed by atoms with Crippen molar-refractivity contribution in [3.8, 4) is 0 Å². The monoisotopic (exact) mass is 331 g/mol. The first kappa shape index (κ1) is 16.6. The number of benzene rings is 2. The van der Waals surface area contributed by atoms with Crippen LogP contribution in [0.2, 0.25) is 0 Å². The highest BCUT2D eigenvalue weighted by Crippen LogP contribution is 2.31. The number of halogens is 2. The Morgan fingerprint density at radius 1 is 1.21 bits per heavy atom. The number of hydrogen-bond donors (Lipinski definition) is 1. The molecule has 3 nitrogen and oxygen atoms in total. The van der Waals surface area contributed by atoms with E-state index in [1.165, 1.54) is 41.3 Å². The van der Waals surface area contributed by atoms with Crippen LogP contribution >= 0.6 is 0 Å². The van der Waals surface area contributed by atoms with E-state index in [0.717, 1.165) is 18.4 Å². The molecule has 0 aromatic heterocycles. The fourth-order valence-corrected chi connectivity index (χ4v) is 2.71. The maximum atomic E-state index is 14.1. The van der Waals surface area contributed by atoms with E-state index in [4.69, 9.17) is 0 Å². The van der Waals surface area contributed by atoms with Crippen LogP contribution in [-0.4, -0.2) is 28.5 Å². The third-order valence-electron chi connectivity index (χ3n) is 4.23. The normalized spacial score (nSPS) is 15.2. The Hall–Kier alpha value is -2.27. The summed E-state index contributed by atoms with van der Waals surface area (Å²) in [7, 11) is 0. The summed E-state index contributed by atoms with van der Waals surface area (Å²) in [5.74, 6) is -1.36. The summed E-state index contributed by atoms with van der Waals surface area (Å²) in [6.45, 7) is 1.82. The number of amides is 1. The van der Waals surface area contributed by atoms with Gasteiger partial charge in [-0.2, -0.15) is 0 Å². The highest BCUT2D eigenvalue weighted by Gasteiger charge is 2.35. The van der Waals surface area contributed by atoms with E-state index >= 15 is 0 Å². The second-order valence-corrected chi connectivity index (χ2v) is 6.24. The molecule has 1 saturated carbocycles. The summed E-state index contributed by atoms with van der Waals surface area (Å²) in [6.07, 6.45) is 0.744. The molecule has 126 valence electrons. The molecule has 0 saturated heterocycles. The zero-order valence-electron chi connectivity index (χ0n) is 13.4. The van der Waals surface area contributed by atoms with Crippen molar-refractivity contribution in [1.29, 1.82) is 0 Å². The Kier molecular flexibility index (Phi) is 4.62. The van der Waals surface area contributed by atoms with Crippen LogP contribution in [0.15, 0.2) is 42.5 Å². The van der Waals surface area contributed by atoms with Gasteiger partial charge in [0.25, 0.3) is 5.91 Å². The standard InChI is InChI=1S/C19H19F2NO2/c1-12-2-9-16(17(21)10-12)19(24)22(15-7-8-15)11-18(23)13-3-5-14(20)6-4-13/h2-6,9-10,15,18,23H,7-8,11H2,1H3. The van der Waals surface area contributed by atoms with Crippen LogP contribution in [0, 0.1) is 18.6 Å². The average Bonchev–Trinajstić information content (AvgIpc) is 3.37. The molecule has 1 amide bonds. The smallest absolute Gasteiger partial charge is 0.257 e.